The number of amides is 3. The van der Waals surface area contributed by atoms with E-state index in [0.29, 0.717) is 5.56 Å². The number of H-pyrrole nitrogens is 1. The van der Waals surface area contributed by atoms with Crippen molar-refractivity contribution in [2.24, 2.45) is 11.7 Å². The first-order valence-electron chi connectivity index (χ1n) is 10.6. The molecule has 12 heteroatoms. The summed E-state index contributed by atoms with van der Waals surface area (Å²) in [6.07, 6.45) is 1.09. The summed E-state index contributed by atoms with van der Waals surface area (Å²) in [6.45, 7) is 2.72. The van der Waals surface area contributed by atoms with E-state index >= 15 is 0 Å². The quantitative estimate of drug-likeness (QED) is 0.209. The van der Waals surface area contributed by atoms with Gasteiger partial charge in [-0.05, 0) is 17.5 Å². The molecule has 0 radical (unpaired) electrons. The Morgan fingerprint density at radius 1 is 0.971 bits per heavy atom. The SMILES string of the molecule is CC(C)C(NC(=O)C(Cc1c[nH]c2ccccc12)NC(=O)C(N)CC(=O)O)C(=O)NCC(=O)O. The second-order valence-corrected chi connectivity index (χ2v) is 8.17. The van der Waals surface area contributed by atoms with Gasteiger partial charge in [-0.1, -0.05) is 32.0 Å². The molecule has 2 rings (SSSR count). The van der Waals surface area contributed by atoms with Crippen molar-refractivity contribution in [3.8, 4) is 0 Å². The Morgan fingerprint density at radius 3 is 2.26 bits per heavy atom. The van der Waals surface area contributed by atoms with Gasteiger partial charge >= 0.3 is 11.9 Å². The van der Waals surface area contributed by atoms with Gasteiger partial charge in [-0.25, -0.2) is 0 Å². The van der Waals surface area contributed by atoms with Gasteiger partial charge in [-0.15, -0.1) is 0 Å². The molecule has 34 heavy (non-hydrogen) atoms. The topological polar surface area (TPSA) is 204 Å². The lowest BCUT2D eigenvalue weighted by atomic mass is 10.0. The van der Waals surface area contributed by atoms with Crippen LogP contribution in [0, 0.1) is 5.92 Å². The van der Waals surface area contributed by atoms with Crippen LogP contribution < -0.4 is 21.7 Å². The zero-order valence-corrected chi connectivity index (χ0v) is 18.8. The molecule has 0 bridgehead atoms. The number of carbonyl (C=O) groups is 5. The van der Waals surface area contributed by atoms with Gasteiger partial charge in [0, 0.05) is 23.5 Å². The van der Waals surface area contributed by atoms with Crippen molar-refractivity contribution in [1.29, 1.82) is 0 Å². The highest BCUT2D eigenvalue weighted by molar-refractivity contribution is 5.95. The van der Waals surface area contributed by atoms with Crippen molar-refractivity contribution in [2.45, 2.75) is 44.8 Å². The van der Waals surface area contributed by atoms with Crippen molar-refractivity contribution in [3.05, 3.63) is 36.0 Å². The van der Waals surface area contributed by atoms with Crippen molar-refractivity contribution in [3.63, 3.8) is 0 Å². The molecule has 3 unspecified atom stereocenters. The number of carbonyl (C=O) groups excluding carboxylic acids is 3. The van der Waals surface area contributed by atoms with Gasteiger partial charge in [0.05, 0.1) is 12.5 Å². The summed E-state index contributed by atoms with van der Waals surface area (Å²) in [5, 5.41) is 25.8. The minimum Gasteiger partial charge on any atom is -0.481 e. The van der Waals surface area contributed by atoms with E-state index in [0.717, 1.165) is 10.9 Å². The summed E-state index contributed by atoms with van der Waals surface area (Å²) in [5.41, 5.74) is 7.17. The normalized spacial score (nSPS) is 13.6. The van der Waals surface area contributed by atoms with E-state index in [1.807, 2.05) is 24.3 Å². The Morgan fingerprint density at radius 2 is 1.65 bits per heavy atom. The first kappa shape index (κ1) is 26.3. The van der Waals surface area contributed by atoms with Crippen LogP contribution >= 0.6 is 0 Å². The summed E-state index contributed by atoms with van der Waals surface area (Å²) in [5.74, 6) is -5.12. The maximum atomic E-state index is 13.2. The minimum atomic E-state index is -1.38. The van der Waals surface area contributed by atoms with Gasteiger partial charge in [0.15, 0.2) is 0 Å². The summed E-state index contributed by atoms with van der Waals surface area (Å²) >= 11 is 0. The van der Waals surface area contributed by atoms with E-state index in [-0.39, 0.29) is 6.42 Å². The number of hydrogen-bond acceptors (Lipinski definition) is 6. The molecular formula is C22H29N5O7. The van der Waals surface area contributed by atoms with Crippen LogP contribution in [0.2, 0.25) is 0 Å². The predicted octanol–water partition coefficient (Wildman–Crippen LogP) is -0.661. The van der Waals surface area contributed by atoms with Gasteiger partial charge in [0.1, 0.15) is 18.6 Å². The molecule has 0 aliphatic carbocycles. The van der Waals surface area contributed by atoms with Crippen LogP contribution in [0.4, 0.5) is 0 Å². The van der Waals surface area contributed by atoms with E-state index in [1.54, 1.807) is 20.0 Å². The molecular weight excluding hydrogens is 446 g/mol. The molecule has 3 amide bonds. The number of para-hydroxylation sites is 1. The Kier molecular flexibility index (Phi) is 9.13. The van der Waals surface area contributed by atoms with Crippen LogP contribution in [0.25, 0.3) is 10.9 Å². The van der Waals surface area contributed by atoms with Gasteiger partial charge in [-0.2, -0.15) is 0 Å². The summed E-state index contributed by atoms with van der Waals surface area (Å²) in [4.78, 5) is 62.8. The van der Waals surface area contributed by atoms with Crippen LogP contribution in [0.5, 0.6) is 0 Å². The van der Waals surface area contributed by atoms with Gasteiger partial charge in [-0.3, -0.25) is 24.0 Å². The molecule has 1 aromatic carbocycles. The van der Waals surface area contributed by atoms with Crippen molar-refractivity contribution < 1.29 is 34.2 Å². The van der Waals surface area contributed by atoms with Crippen LogP contribution in [0.15, 0.2) is 30.5 Å². The lowest BCUT2D eigenvalue weighted by Crippen LogP contribution is -2.58. The molecule has 3 atom stereocenters. The van der Waals surface area contributed by atoms with E-state index < -0.39 is 66.7 Å². The Hall–Kier alpha value is -3.93. The minimum absolute atomic E-state index is 0.0307. The van der Waals surface area contributed by atoms with Crippen LogP contribution in [-0.2, 0) is 30.4 Å². The van der Waals surface area contributed by atoms with E-state index in [2.05, 4.69) is 20.9 Å². The van der Waals surface area contributed by atoms with E-state index in [9.17, 15) is 24.0 Å². The Labute approximate surface area is 195 Å². The lowest BCUT2D eigenvalue weighted by Gasteiger charge is -2.25. The molecule has 0 fully saturated rings. The second-order valence-electron chi connectivity index (χ2n) is 8.17. The highest BCUT2D eigenvalue weighted by Gasteiger charge is 2.31. The molecule has 12 nitrogen and oxygen atoms in total. The van der Waals surface area contributed by atoms with Crippen LogP contribution in [-0.4, -0.2) is 69.5 Å². The maximum absolute atomic E-state index is 13.2. The second kappa shape index (κ2) is 11.8. The molecule has 1 heterocycles. The predicted molar refractivity (Wildman–Crippen MR) is 122 cm³/mol. The number of hydrogen-bond donors (Lipinski definition) is 7. The first-order chi connectivity index (χ1) is 16.0. The van der Waals surface area contributed by atoms with Crippen molar-refractivity contribution >= 4 is 40.6 Å². The molecule has 0 saturated heterocycles. The van der Waals surface area contributed by atoms with Gasteiger partial charge in [0.25, 0.3) is 0 Å². The third-order valence-corrected chi connectivity index (χ3v) is 5.12. The Bertz CT molecular complexity index is 1060. The highest BCUT2D eigenvalue weighted by atomic mass is 16.4. The monoisotopic (exact) mass is 475 g/mol. The zero-order chi connectivity index (χ0) is 25.4. The number of carboxylic acid groups (broad SMARTS) is 2. The Balaban J connectivity index is 2.26. The maximum Gasteiger partial charge on any atom is 0.322 e. The number of rotatable bonds is 12. The number of carboxylic acids is 2. The van der Waals surface area contributed by atoms with Gasteiger partial charge < -0.3 is 36.9 Å². The summed E-state index contributed by atoms with van der Waals surface area (Å²) < 4.78 is 0. The lowest BCUT2D eigenvalue weighted by molar-refractivity contribution is -0.140. The fraction of sp³-hybridized carbons (Fsp3) is 0.409. The smallest absolute Gasteiger partial charge is 0.322 e. The highest BCUT2D eigenvalue weighted by Crippen LogP contribution is 2.19. The fourth-order valence-corrected chi connectivity index (χ4v) is 3.35. The van der Waals surface area contributed by atoms with Crippen LogP contribution in [0.3, 0.4) is 0 Å². The van der Waals surface area contributed by atoms with E-state index in [4.69, 9.17) is 15.9 Å². The standard InChI is InChI=1S/C22H29N5O7/c1-11(2)19(22(34)25-10-18(30)31)27-21(33)16(26-20(32)14(23)8-17(28)29)7-12-9-24-15-6-4-3-5-13(12)15/h3-6,9,11,14,16,19,24H,7-8,10,23H2,1-2H3,(H,25,34)(H,26,32)(H,27,33)(H,28,29)(H,30,31). The summed E-state index contributed by atoms with van der Waals surface area (Å²) in [6, 6.07) is 3.71. The number of fused-ring (bicyclic) bond motifs is 1. The number of aromatic nitrogens is 1. The third kappa shape index (κ3) is 7.30. The zero-order valence-electron chi connectivity index (χ0n) is 18.8. The van der Waals surface area contributed by atoms with E-state index in [1.165, 1.54) is 0 Å². The molecule has 0 spiro atoms. The molecule has 1 aromatic heterocycles. The molecule has 184 valence electrons. The fourth-order valence-electron chi connectivity index (χ4n) is 3.35. The average Bonchev–Trinajstić information content (AvgIpc) is 3.17. The molecule has 0 aliphatic rings. The van der Waals surface area contributed by atoms with Crippen LogP contribution in [0.1, 0.15) is 25.8 Å². The molecule has 0 aliphatic heterocycles. The van der Waals surface area contributed by atoms with Crippen molar-refractivity contribution in [2.75, 3.05) is 6.54 Å². The molecule has 8 N–H and O–H groups in total. The number of nitrogens with two attached hydrogens (primary N) is 1. The molecule has 2 aromatic rings. The number of benzene rings is 1. The number of aromatic amines is 1. The average molecular weight is 476 g/mol. The summed E-state index contributed by atoms with van der Waals surface area (Å²) in [7, 11) is 0. The number of nitrogens with one attached hydrogen (secondary N) is 4. The largest absolute Gasteiger partial charge is 0.481 e. The third-order valence-electron chi connectivity index (χ3n) is 5.12. The van der Waals surface area contributed by atoms with Gasteiger partial charge in [0.2, 0.25) is 17.7 Å². The first-order valence-corrected chi connectivity index (χ1v) is 10.6. The van der Waals surface area contributed by atoms with Crippen molar-refractivity contribution in [1.82, 2.24) is 20.9 Å². The number of aliphatic carboxylic acids is 2. The molecule has 0 saturated carbocycles.